The molecule has 0 fully saturated rings. The van der Waals surface area contributed by atoms with Crippen molar-refractivity contribution >= 4 is 17.6 Å². The highest BCUT2D eigenvalue weighted by molar-refractivity contribution is 6.29. The summed E-state index contributed by atoms with van der Waals surface area (Å²) in [5.41, 5.74) is -0.434. The predicted octanol–water partition coefficient (Wildman–Crippen LogP) is 1.67. The molecule has 76 valence electrons. The molecule has 0 aromatic rings. The topological polar surface area (TPSA) is 38.3 Å². The van der Waals surface area contributed by atoms with Crippen LogP contribution in [0.3, 0.4) is 0 Å². The van der Waals surface area contributed by atoms with Gasteiger partial charge in [-0.15, -0.1) is 0 Å². The molecular weight excluding hydrogens is 190 g/mol. The first kappa shape index (κ1) is 12.5. The first-order valence-corrected chi connectivity index (χ1v) is 4.45. The zero-order valence-corrected chi connectivity index (χ0v) is 9.07. The highest BCUT2D eigenvalue weighted by Crippen LogP contribution is 2.06. The summed E-state index contributed by atoms with van der Waals surface area (Å²) in [4.78, 5) is 11.1. The van der Waals surface area contributed by atoms with Gasteiger partial charge >= 0.3 is 5.97 Å². The third-order valence-electron chi connectivity index (χ3n) is 1.01. The molecule has 0 amide bonds. The smallest absolute Gasteiger partial charge is 0.320 e. The largest absolute Gasteiger partial charge is 0.459 e. The van der Waals surface area contributed by atoms with Crippen LogP contribution >= 0.6 is 11.6 Å². The summed E-state index contributed by atoms with van der Waals surface area (Å²) < 4.78 is 5.05. The zero-order valence-electron chi connectivity index (χ0n) is 8.32. The molecule has 0 aromatic heterocycles. The van der Waals surface area contributed by atoms with Gasteiger partial charge in [-0.25, -0.2) is 0 Å². The lowest BCUT2D eigenvalue weighted by atomic mass is 10.2. The van der Waals surface area contributed by atoms with Crippen LogP contribution < -0.4 is 5.32 Å². The van der Waals surface area contributed by atoms with Gasteiger partial charge in [0.2, 0.25) is 0 Å². The van der Waals surface area contributed by atoms with Gasteiger partial charge in [0, 0.05) is 11.6 Å². The molecule has 4 heteroatoms. The maximum atomic E-state index is 11.1. The number of ether oxygens (including phenoxy) is 1. The van der Waals surface area contributed by atoms with Crippen molar-refractivity contribution in [2.75, 3.05) is 13.1 Å². The second-order valence-corrected chi connectivity index (χ2v) is 4.24. The first-order chi connectivity index (χ1) is 5.81. The summed E-state index contributed by atoms with van der Waals surface area (Å²) in [5, 5.41) is 3.28. The van der Waals surface area contributed by atoms with Gasteiger partial charge in [-0.3, -0.25) is 4.79 Å². The fourth-order valence-corrected chi connectivity index (χ4v) is 0.772. The quantitative estimate of drug-likeness (QED) is 0.710. The summed E-state index contributed by atoms with van der Waals surface area (Å²) in [6, 6.07) is 0. The van der Waals surface area contributed by atoms with Gasteiger partial charge in [-0.1, -0.05) is 18.2 Å². The molecule has 13 heavy (non-hydrogen) atoms. The van der Waals surface area contributed by atoms with Crippen molar-refractivity contribution in [2.24, 2.45) is 0 Å². The van der Waals surface area contributed by atoms with Gasteiger partial charge < -0.3 is 10.1 Å². The number of esters is 1. The molecule has 0 atom stereocenters. The van der Waals surface area contributed by atoms with E-state index in [9.17, 15) is 4.79 Å². The van der Waals surface area contributed by atoms with Crippen LogP contribution in [-0.2, 0) is 9.53 Å². The number of carbonyl (C=O) groups excluding carboxylic acids is 1. The molecule has 0 rings (SSSR count). The molecule has 1 N–H and O–H groups in total. The molecule has 0 radical (unpaired) electrons. The van der Waals surface area contributed by atoms with Crippen LogP contribution in [0.4, 0.5) is 0 Å². The molecule has 0 unspecified atom stereocenters. The Morgan fingerprint density at radius 2 is 2.00 bits per heavy atom. The van der Waals surface area contributed by atoms with Crippen molar-refractivity contribution < 1.29 is 9.53 Å². The van der Waals surface area contributed by atoms with E-state index in [4.69, 9.17) is 16.3 Å². The third-order valence-corrected chi connectivity index (χ3v) is 1.14. The van der Waals surface area contributed by atoms with E-state index < -0.39 is 5.60 Å². The van der Waals surface area contributed by atoms with Gasteiger partial charge in [0.25, 0.3) is 0 Å². The normalized spacial score (nSPS) is 11.1. The Labute approximate surface area is 84.1 Å². The molecule has 0 saturated heterocycles. The van der Waals surface area contributed by atoms with Crippen molar-refractivity contribution in [1.29, 1.82) is 0 Å². The zero-order chi connectivity index (χ0) is 10.5. The second-order valence-electron chi connectivity index (χ2n) is 3.71. The molecule has 0 aromatic carbocycles. The molecule has 0 aliphatic carbocycles. The second kappa shape index (κ2) is 5.25. The number of halogens is 1. The van der Waals surface area contributed by atoms with E-state index in [0.29, 0.717) is 11.6 Å². The molecule has 3 nitrogen and oxygen atoms in total. The lowest BCUT2D eigenvalue weighted by Crippen LogP contribution is -2.31. The summed E-state index contributed by atoms with van der Waals surface area (Å²) >= 11 is 5.49. The lowest BCUT2D eigenvalue weighted by molar-refractivity contribution is -0.153. The first-order valence-electron chi connectivity index (χ1n) is 4.07. The van der Waals surface area contributed by atoms with Crippen molar-refractivity contribution in [2.45, 2.75) is 26.4 Å². The van der Waals surface area contributed by atoms with Gasteiger partial charge in [0.1, 0.15) is 5.60 Å². The molecule has 0 bridgehead atoms. The van der Waals surface area contributed by atoms with Crippen molar-refractivity contribution in [1.82, 2.24) is 5.32 Å². The van der Waals surface area contributed by atoms with Crippen molar-refractivity contribution in [3.63, 3.8) is 0 Å². The van der Waals surface area contributed by atoms with Crippen molar-refractivity contribution in [3.05, 3.63) is 11.6 Å². The van der Waals surface area contributed by atoms with Crippen LogP contribution in [0.2, 0.25) is 0 Å². The van der Waals surface area contributed by atoms with E-state index in [1.54, 1.807) is 0 Å². The molecule has 0 spiro atoms. The number of rotatable bonds is 4. The number of carbonyl (C=O) groups is 1. The Hall–Kier alpha value is -0.540. The number of nitrogens with one attached hydrogen (secondary N) is 1. The highest BCUT2D eigenvalue weighted by Gasteiger charge is 2.15. The maximum Gasteiger partial charge on any atom is 0.320 e. The predicted molar refractivity (Wildman–Crippen MR) is 53.7 cm³/mol. The third kappa shape index (κ3) is 9.37. The summed E-state index contributed by atoms with van der Waals surface area (Å²) in [6.07, 6.45) is 0. The van der Waals surface area contributed by atoms with E-state index in [1.807, 2.05) is 20.8 Å². The highest BCUT2D eigenvalue weighted by atomic mass is 35.5. The lowest BCUT2D eigenvalue weighted by Gasteiger charge is -2.19. The van der Waals surface area contributed by atoms with E-state index in [2.05, 4.69) is 11.9 Å². The average molecular weight is 206 g/mol. The monoisotopic (exact) mass is 205 g/mol. The standard InChI is InChI=1S/C9H16ClNO2/c1-7(10)5-11-6-8(12)13-9(2,3)4/h11H,1,5-6H2,2-4H3. The Kier molecular flexibility index (Phi) is 5.03. The van der Waals surface area contributed by atoms with Crippen LogP contribution in [0.15, 0.2) is 11.6 Å². The van der Waals surface area contributed by atoms with Crippen LogP contribution in [0.25, 0.3) is 0 Å². The summed E-state index contributed by atoms with van der Waals surface area (Å²) in [7, 11) is 0. The summed E-state index contributed by atoms with van der Waals surface area (Å²) in [5.74, 6) is -0.287. The van der Waals surface area contributed by atoms with Crippen LogP contribution in [-0.4, -0.2) is 24.7 Å². The SMILES string of the molecule is C=C(Cl)CNCC(=O)OC(C)(C)C. The minimum Gasteiger partial charge on any atom is -0.459 e. The Balaban J connectivity index is 3.59. The van der Waals surface area contributed by atoms with E-state index >= 15 is 0 Å². The van der Waals surface area contributed by atoms with Crippen LogP contribution in [0, 0.1) is 0 Å². The van der Waals surface area contributed by atoms with Crippen LogP contribution in [0.1, 0.15) is 20.8 Å². The van der Waals surface area contributed by atoms with Crippen molar-refractivity contribution in [3.8, 4) is 0 Å². The van der Waals surface area contributed by atoms with E-state index in [1.165, 1.54) is 0 Å². The van der Waals surface area contributed by atoms with Crippen LogP contribution in [0.5, 0.6) is 0 Å². The Morgan fingerprint density at radius 1 is 1.46 bits per heavy atom. The molecule has 0 aliphatic heterocycles. The fourth-order valence-electron chi connectivity index (χ4n) is 0.678. The van der Waals surface area contributed by atoms with Gasteiger partial charge in [-0.05, 0) is 20.8 Å². The Bertz CT molecular complexity index is 196. The summed E-state index contributed by atoms with van der Waals surface area (Å²) in [6.45, 7) is 9.52. The minimum absolute atomic E-state index is 0.156. The Morgan fingerprint density at radius 3 is 2.38 bits per heavy atom. The molecule has 0 heterocycles. The minimum atomic E-state index is -0.434. The molecule has 0 saturated carbocycles. The van der Waals surface area contributed by atoms with E-state index in [-0.39, 0.29) is 12.5 Å². The number of hydrogen-bond donors (Lipinski definition) is 1. The van der Waals surface area contributed by atoms with Gasteiger partial charge in [0.15, 0.2) is 0 Å². The average Bonchev–Trinajstić information content (AvgIpc) is 1.81. The molecular formula is C9H16ClNO2. The maximum absolute atomic E-state index is 11.1. The van der Waals surface area contributed by atoms with Gasteiger partial charge in [-0.2, -0.15) is 0 Å². The number of hydrogen-bond acceptors (Lipinski definition) is 3. The fraction of sp³-hybridized carbons (Fsp3) is 0.667. The van der Waals surface area contributed by atoms with Gasteiger partial charge in [0.05, 0.1) is 6.54 Å². The molecule has 0 aliphatic rings. The van der Waals surface area contributed by atoms with E-state index in [0.717, 1.165) is 0 Å².